The van der Waals surface area contributed by atoms with Gasteiger partial charge < -0.3 is 4.74 Å². The summed E-state index contributed by atoms with van der Waals surface area (Å²) in [5.41, 5.74) is 2.23. The van der Waals surface area contributed by atoms with Gasteiger partial charge in [0.2, 0.25) is 16.0 Å². The molecule has 0 atom stereocenters. The van der Waals surface area contributed by atoms with Crippen molar-refractivity contribution in [3.63, 3.8) is 0 Å². The van der Waals surface area contributed by atoms with Crippen LogP contribution in [0.25, 0.3) is 0 Å². The van der Waals surface area contributed by atoms with Crippen molar-refractivity contribution in [2.45, 2.75) is 36.8 Å². The van der Waals surface area contributed by atoms with Gasteiger partial charge in [0.25, 0.3) is 0 Å². The van der Waals surface area contributed by atoms with E-state index in [1.54, 1.807) is 0 Å². The van der Waals surface area contributed by atoms with Crippen LogP contribution in [0, 0.1) is 0 Å². The predicted octanol–water partition coefficient (Wildman–Crippen LogP) is -0.392. The van der Waals surface area contributed by atoms with Crippen molar-refractivity contribution >= 4 is 16.0 Å². The molecule has 0 aromatic carbocycles. The molecule has 2 rings (SSSR count). The van der Waals surface area contributed by atoms with Gasteiger partial charge in [-0.05, 0) is 19.8 Å². The van der Waals surface area contributed by atoms with E-state index >= 15 is 0 Å². The van der Waals surface area contributed by atoms with Gasteiger partial charge in [0.05, 0.1) is 18.5 Å². The van der Waals surface area contributed by atoms with Crippen LogP contribution >= 0.6 is 0 Å². The summed E-state index contributed by atoms with van der Waals surface area (Å²) >= 11 is 0. The van der Waals surface area contributed by atoms with Crippen LogP contribution in [0.4, 0.5) is 5.95 Å². The quantitative estimate of drug-likeness (QED) is 0.481. The monoisotopic (exact) mass is 287 g/mol. The van der Waals surface area contributed by atoms with Crippen molar-refractivity contribution in [3.8, 4) is 0 Å². The SMILES string of the molecule is CCOC1CC(NS(=O)(=O)c2cnc(NN)nc2)C1. The highest BCUT2D eigenvalue weighted by Gasteiger charge is 2.33. The number of aromatic nitrogens is 2. The Hall–Kier alpha value is -1.29. The highest BCUT2D eigenvalue weighted by Crippen LogP contribution is 2.24. The summed E-state index contributed by atoms with van der Waals surface area (Å²) in [4.78, 5) is 7.56. The summed E-state index contributed by atoms with van der Waals surface area (Å²) < 4.78 is 32.0. The summed E-state index contributed by atoms with van der Waals surface area (Å²) in [6.07, 6.45) is 3.96. The summed E-state index contributed by atoms with van der Waals surface area (Å²) in [6, 6.07) is -0.0890. The van der Waals surface area contributed by atoms with E-state index in [9.17, 15) is 8.42 Å². The third kappa shape index (κ3) is 3.38. The molecule has 1 aliphatic rings. The minimum Gasteiger partial charge on any atom is -0.378 e. The van der Waals surface area contributed by atoms with Crippen LogP contribution in [0.2, 0.25) is 0 Å². The van der Waals surface area contributed by atoms with Gasteiger partial charge in [-0.3, -0.25) is 5.43 Å². The molecule has 0 bridgehead atoms. The lowest BCUT2D eigenvalue weighted by Gasteiger charge is -2.34. The second kappa shape index (κ2) is 5.78. The maximum atomic E-state index is 12.0. The number of hydrogen-bond donors (Lipinski definition) is 3. The van der Waals surface area contributed by atoms with E-state index in [1.807, 2.05) is 6.92 Å². The van der Waals surface area contributed by atoms with E-state index in [2.05, 4.69) is 20.1 Å². The van der Waals surface area contributed by atoms with Crippen molar-refractivity contribution in [3.05, 3.63) is 12.4 Å². The molecule has 1 heterocycles. The topological polar surface area (TPSA) is 119 Å². The van der Waals surface area contributed by atoms with Gasteiger partial charge in [0.1, 0.15) is 4.90 Å². The van der Waals surface area contributed by atoms with Gasteiger partial charge in [-0.25, -0.2) is 29.0 Å². The van der Waals surface area contributed by atoms with Gasteiger partial charge in [0, 0.05) is 12.6 Å². The fourth-order valence-electron chi connectivity index (χ4n) is 1.85. The molecule has 9 heteroatoms. The van der Waals surface area contributed by atoms with Gasteiger partial charge in [-0.2, -0.15) is 0 Å². The number of sulfonamides is 1. The fraction of sp³-hybridized carbons (Fsp3) is 0.600. The molecule has 1 aromatic heterocycles. The molecule has 0 amide bonds. The molecule has 0 aliphatic heterocycles. The molecular weight excluding hydrogens is 270 g/mol. The Balaban J connectivity index is 1.95. The Morgan fingerprint density at radius 1 is 1.42 bits per heavy atom. The Bertz CT molecular complexity index is 512. The zero-order valence-electron chi connectivity index (χ0n) is 10.5. The number of ether oxygens (including phenoxy) is 1. The zero-order chi connectivity index (χ0) is 13.9. The predicted molar refractivity (Wildman–Crippen MR) is 68.6 cm³/mol. The number of nitrogen functional groups attached to an aromatic ring is 1. The molecule has 0 unspecified atom stereocenters. The highest BCUT2D eigenvalue weighted by molar-refractivity contribution is 7.89. The summed E-state index contributed by atoms with van der Waals surface area (Å²) in [5.74, 6) is 5.28. The molecular formula is C10H17N5O3S. The molecule has 1 fully saturated rings. The zero-order valence-corrected chi connectivity index (χ0v) is 11.4. The summed E-state index contributed by atoms with van der Waals surface area (Å²) in [6.45, 7) is 2.56. The first-order valence-electron chi connectivity index (χ1n) is 5.97. The van der Waals surface area contributed by atoms with Crippen molar-refractivity contribution in [2.24, 2.45) is 5.84 Å². The minimum absolute atomic E-state index is 0.0198. The molecule has 0 saturated heterocycles. The minimum atomic E-state index is -3.58. The standard InChI is InChI=1S/C10H17N5O3S/c1-2-18-8-3-7(4-8)15-19(16,17)9-5-12-10(14-11)13-6-9/h5-8,15H,2-4,11H2,1H3,(H,12,13,14). The first-order valence-corrected chi connectivity index (χ1v) is 7.46. The lowest BCUT2D eigenvalue weighted by molar-refractivity contribution is -0.00475. The molecule has 19 heavy (non-hydrogen) atoms. The average Bonchev–Trinajstić information content (AvgIpc) is 2.36. The molecule has 0 radical (unpaired) electrons. The number of nitrogens with one attached hydrogen (secondary N) is 2. The Morgan fingerprint density at radius 2 is 2.05 bits per heavy atom. The van der Waals surface area contributed by atoms with E-state index in [4.69, 9.17) is 10.6 Å². The van der Waals surface area contributed by atoms with Gasteiger partial charge in [0.15, 0.2) is 0 Å². The maximum Gasteiger partial charge on any atom is 0.243 e. The van der Waals surface area contributed by atoms with Crippen LogP contribution < -0.4 is 16.0 Å². The number of anilines is 1. The van der Waals surface area contributed by atoms with Crippen molar-refractivity contribution < 1.29 is 13.2 Å². The maximum absolute atomic E-state index is 12.0. The van der Waals surface area contributed by atoms with Crippen LogP contribution in [-0.4, -0.2) is 37.1 Å². The van der Waals surface area contributed by atoms with Gasteiger partial charge in [-0.1, -0.05) is 0 Å². The number of nitrogens with zero attached hydrogens (tertiary/aromatic N) is 2. The van der Waals surface area contributed by atoms with E-state index in [0.717, 1.165) is 0 Å². The largest absolute Gasteiger partial charge is 0.378 e. The number of hydrazine groups is 1. The average molecular weight is 287 g/mol. The van der Waals surface area contributed by atoms with Gasteiger partial charge >= 0.3 is 0 Å². The molecule has 106 valence electrons. The smallest absolute Gasteiger partial charge is 0.243 e. The molecule has 0 spiro atoms. The van der Waals surface area contributed by atoms with E-state index in [-0.39, 0.29) is 23.0 Å². The van der Waals surface area contributed by atoms with E-state index in [0.29, 0.717) is 19.4 Å². The van der Waals surface area contributed by atoms with Crippen LogP contribution in [0.1, 0.15) is 19.8 Å². The normalized spacial score (nSPS) is 22.8. The van der Waals surface area contributed by atoms with Crippen molar-refractivity contribution in [2.75, 3.05) is 12.0 Å². The van der Waals surface area contributed by atoms with Crippen LogP contribution in [-0.2, 0) is 14.8 Å². The molecule has 1 aromatic rings. The third-order valence-electron chi connectivity index (χ3n) is 2.89. The van der Waals surface area contributed by atoms with Crippen molar-refractivity contribution in [1.82, 2.24) is 14.7 Å². The summed E-state index contributed by atoms with van der Waals surface area (Å²) in [7, 11) is -3.58. The van der Waals surface area contributed by atoms with Crippen LogP contribution in [0.15, 0.2) is 17.3 Å². The fourth-order valence-corrected chi connectivity index (χ4v) is 3.00. The Labute approximate surface area is 111 Å². The lowest BCUT2D eigenvalue weighted by atomic mass is 9.90. The lowest BCUT2D eigenvalue weighted by Crippen LogP contribution is -2.47. The molecule has 4 N–H and O–H groups in total. The number of hydrogen-bond acceptors (Lipinski definition) is 7. The van der Waals surface area contributed by atoms with Crippen LogP contribution in [0.5, 0.6) is 0 Å². The highest BCUT2D eigenvalue weighted by atomic mass is 32.2. The Morgan fingerprint density at radius 3 is 2.58 bits per heavy atom. The van der Waals surface area contributed by atoms with E-state index < -0.39 is 10.0 Å². The Kier molecular flexibility index (Phi) is 4.30. The number of rotatable bonds is 6. The molecule has 8 nitrogen and oxygen atoms in total. The van der Waals surface area contributed by atoms with E-state index in [1.165, 1.54) is 12.4 Å². The first kappa shape index (κ1) is 14.1. The number of nitrogens with two attached hydrogens (primary N) is 1. The third-order valence-corrected chi connectivity index (χ3v) is 4.36. The van der Waals surface area contributed by atoms with Crippen LogP contribution in [0.3, 0.4) is 0 Å². The second-order valence-corrected chi connectivity index (χ2v) is 5.97. The van der Waals surface area contributed by atoms with Crippen molar-refractivity contribution in [1.29, 1.82) is 0 Å². The second-order valence-electron chi connectivity index (χ2n) is 4.25. The summed E-state index contributed by atoms with van der Waals surface area (Å²) in [5, 5.41) is 0. The van der Waals surface area contributed by atoms with Gasteiger partial charge in [-0.15, -0.1) is 0 Å². The molecule has 1 saturated carbocycles. The first-order chi connectivity index (χ1) is 9.05. The molecule has 1 aliphatic carbocycles.